The lowest BCUT2D eigenvalue weighted by Gasteiger charge is -2.32. The molecule has 10 heterocycles. The molecule has 0 spiro atoms. The van der Waals surface area contributed by atoms with Crippen LogP contribution in [0.4, 0.5) is 0 Å². The van der Waals surface area contributed by atoms with Gasteiger partial charge < -0.3 is 58.4 Å². The Labute approximate surface area is 668 Å². The average Bonchev–Trinajstić information content (AvgIpc) is 1.58. The zero-order chi connectivity index (χ0) is 79.0. The number of aromatic amines is 2. The molecule has 2 amide bonds. The maximum absolute atomic E-state index is 13.4. The third kappa shape index (κ3) is 19.3. The van der Waals surface area contributed by atoms with Crippen LogP contribution >= 0.6 is 15.9 Å². The Morgan fingerprint density at radius 2 is 0.982 bits per heavy atom. The van der Waals surface area contributed by atoms with Crippen molar-refractivity contribution in [3.63, 3.8) is 0 Å². The molecule has 112 heavy (non-hydrogen) atoms. The quantitative estimate of drug-likeness (QED) is 0.114. The molecule has 5 aliphatic heterocycles. The molecule has 1 aliphatic carbocycles. The zero-order valence-electron chi connectivity index (χ0n) is 65.9. The molecule has 11 aromatic rings. The second kappa shape index (κ2) is 35.7. The van der Waals surface area contributed by atoms with E-state index in [1.807, 2.05) is 172 Å². The number of fused-ring (bicyclic) bond motifs is 4. The molecule has 21 nitrogen and oxygen atoms in total. The minimum absolute atomic E-state index is 0. The van der Waals surface area contributed by atoms with Gasteiger partial charge >= 0.3 is 20.4 Å². The molecule has 0 unspecified atom stereocenters. The second-order valence-electron chi connectivity index (χ2n) is 30.9. The predicted octanol–water partition coefficient (Wildman–Crippen LogP) is 12.0. The number of rotatable bonds is 9. The first-order chi connectivity index (χ1) is 53.0. The lowest BCUT2D eigenvalue weighted by atomic mass is 9.79. The molecule has 26 heteroatoms. The van der Waals surface area contributed by atoms with Crippen molar-refractivity contribution in [2.24, 2.45) is 0 Å². The SMILES string of the molecule is CC1(C)OB(c2ccccc2)OC1(C)C.CN1CCN(C(=O)c2ccc(-c3cnc4c(c3)C(c3ccc5[nH]ccc5c3)=CC4)cc2)CC1.CN1CCN(C(=O)c2ccc(B3OC(C)(C)C(C)(C)O3)cc2)CC1.CN1CCNCC1.Cc1ccc(S(=O)(=O)n2cc(-c3ccc4[nH]ccc4c3)c3cc(Br)cnc32)cc1.O=C=O.[B]. The van der Waals surface area contributed by atoms with Crippen molar-refractivity contribution < 1.29 is 46.2 Å². The molecular formula is C86H98B3BrN11O10S. The predicted molar refractivity (Wildman–Crippen MR) is 449 cm³/mol. The Hall–Kier alpha value is -9.40. The Bertz CT molecular complexity index is 5230. The molecule has 6 aliphatic rings. The highest BCUT2D eigenvalue weighted by Crippen LogP contribution is 2.40. The number of piperazine rings is 3. The van der Waals surface area contributed by atoms with Gasteiger partial charge in [-0.15, -0.1) is 0 Å². The lowest BCUT2D eigenvalue weighted by molar-refractivity contribution is -0.191. The van der Waals surface area contributed by atoms with Crippen molar-refractivity contribution in [3.05, 3.63) is 239 Å². The Morgan fingerprint density at radius 3 is 1.48 bits per heavy atom. The number of pyridine rings is 2. The van der Waals surface area contributed by atoms with Crippen molar-refractivity contribution in [1.82, 2.24) is 53.7 Å². The summed E-state index contributed by atoms with van der Waals surface area (Å²) in [6, 6.07) is 53.3. The first-order valence-corrected chi connectivity index (χ1v) is 39.9. The van der Waals surface area contributed by atoms with Crippen LogP contribution in [-0.2, 0) is 44.7 Å². The van der Waals surface area contributed by atoms with E-state index in [-0.39, 0.29) is 67.9 Å². The first-order valence-electron chi connectivity index (χ1n) is 37.7. The van der Waals surface area contributed by atoms with Crippen LogP contribution in [0.3, 0.4) is 0 Å². The van der Waals surface area contributed by atoms with Crippen molar-refractivity contribution in [2.45, 2.75) is 96.0 Å². The largest absolute Gasteiger partial charge is 0.494 e. The number of aryl methyl sites for hydroxylation is 1. The second-order valence-corrected chi connectivity index (χ2v) is 33.6. The standard InChI is InChI=1S/C28H26N4O.C22H16BrN3O2S.C18H27BN2O3.C12H17BO2.C5H12N2.CO2.B/c1-31-12-14-32(15-13-31)28(33)20-4-2-19(3-5-20)23-17-25-24(7-9-27(25)30-18-23)21-6-8-26-22(16-21)10-11-29-26;1-14-2-5-18(6-3-14)29(27,28)26-13-20(19-11-17(23)12-25-22(19)26)15-4-7-21-16(10-15)8-9-24-21;1-17(2)18(3,4)24-19(23-17)15-8-6-14(7-9-15)16(22)21-12-10-20(5)11-13-21;1-11(2)12(3,4)15-13(14-11)10-8-6-5-7-9-10;1-7-4-2-6-3-5-7;2-1-3;/h2-8,10-11,16-18,29H,9,12-15H2,1H3;2-13,24H,1H3;6-9H,10-13H2,1-5H3;5-9H,1-4H3;6H,2-5H2,1H3;;. The first kappa shape index (κ1) is 83.5. The van der Waals surface area contributed by atoms with Crippen molar-refractivity contribution in [2.75, 3.05) is 99.7 Å². The Kier molecular flexibility index (Phi) is 26.7. The fraction of sp³-hybridized carbons (Fsp3) is 0.337. The van der Waals surface area contributed by atoms with Gasteiger partial charge in [-0.2, -0.15) is 9.59 Å². The van der Waals surface area contributed by atoms with E-state index in [9.17, 15) is 18.0 Å². The number of carbonyl (C=O) groups excluding carboxylic acids is 4. The van der Waals surface area contributed by atoms with Gasteiger partial charge in [-0.05, 0) is 228 Å². The summed E-state index contributed by atoms with van der Waals surface area (Å²) in [6.45, 7) is 30.0. The van der Waals surface area contributed by atoms with E-state index in [4.69, 9.17) is 33.2 Å². The average molecular weight is 1590 g/mol. The molecular weight excluding hydrogens is 1490 g/mol. The number of hydrogen-bond donors (Lipinski definition) is 3. The van der Waals surface area contributed by atoms with Crippen LogP contribution in [0.2, 0.25) is 0 Å². The number of H-pyrrole nitrogens is 2. The Balaban J connectivity index is 0.000000145. The summed E-state index contributed by atoms with van der Waals surface area (Å²) < 4.78 is 52.8. The van der Waals surface area contributed by atoms with Gasteiger partial charge in [-0.25, -0.2) is 17.4 Å². The molecule has 0 bridgehead atoms. The number of hydrogen-bond acceptors (Lipinski definition) is 16. The molecule has 3 N–H and O–H groups in total. The number of allylic oxidation sites excluding steroid dienone is 1. The summed E-state index contributed by atoms with van der Waals surface area (Å²) >= 11 is 3.46. The number of amides is 2. The molecule has 6 aromatic carbocycles. The summed E-state index contributed by atoms with van der Waals surface area (Å²) in [4.78, 5) is 68.3. The number of halogens is 1. The maximum Gasteiger partial charge on any atom is 0.494 e. The summed E-state index contributed by atoms with van der Waals surface area (Å²) in [7, 11) is 1.93. The third-order valence-electron chi connectivity index (χ3n) is 22.0. The molecule has 17 rings (SSSR count). The smallest absolute Gasteiger partial charge is 0.399 e. The van der Waals surface area contributed by atoms with Crippen molar-refractivity contribution in [1.29, 1.82) is 0 Å². The van der Waals surface area contributed by atoms with Gasteiger partial charge in [0.15, 0.2) is 5.65 Å². The van der Waals surface area contributed by atoms with Crippen LogP contribution in [0, 0.1) is 6.92 Å². The molecule has 5 aromatic heterocycles. The fourth-order valence-electron chi connectivity index (χ4n) is 13.7. The highest BCUT2D eigenvalue weighted by atomic mass is 79.9. The van der Waals surface area contributed by atoms with Crippen molar-refractivity contribution in [3.8, 4) is 22.3 Å². The highest BCUT2D eigenvalue weighted by molar-refractivity contribution is 9.10. The number of nitrogens with zero attached hydrogens (tertiary/aromatic N) is 8. The number of likely N-dealkylation sites (N-methyl/N-ethyl adjacent to an activating group) is 3. The number of aromatic nitrogens is 5. The Morgan fingerprint density at radius 1 is 0.518 bits per heavy atom. The highest BCUT2D eigenvalue weighted by Gasteiger charge is 2.53. The molecule has 5 saturated heterocycles. The molecule has 0 saturated carbocycles. The third-order valence-corrected chi connectivity index (χ3v) is 24.1. The van der Waals surface area contributed by atoms with Crippen LogP contribution in [0.25, 0.3) is 60.7 Å². The van der Waals surface area contributed by atoms with Crippen molar-refractivity contribution >= 4 is 116 Å². The molecule has 3 radical (unpaired) electrons. The van der Waals surface area contributed by atoms with Gasteiger partial charge in [-0.1, -0.05) is 90.5 Å². The van der Waals surface area contributed by atoms with E-state index in [1.54, 1.807) is 36.7 Å². The van der Waals surface area contributed by atoms with E-state index in [2.05, 4.69) is 136 Å². The summed E-state index contributed by atoms with van der Waals surface area (Å²) in [5, 5.41) is 6.32. The normalized spacial score (nSPS) is 17.7. The van der Waals surface area contributed by atoms with E-state index >= 15 is 0 Å². The van der Waals surface area contributed by atoms with Crippen LogP contribution in [0.1, 0.15) is 98.5 Å². The minimum atomic E-state index is -3.78. The molecule has 5 fully saturated rings. The van der Waals surface area contributed by atoms with Gasteiger partial charge in [0.05, 0.1) is 33.0 Å². The number of carbonyl (C=O) groups is 2. The van der Waals surface area contributed by atoms with E-state index in [0.717, 1.165) is 154 Å². The van der Waals surface area contributed by atoms with Crippen LogP contribution in [-0.4, -0.2) is 220 Å². The van der Waals surface area contributed by atoms with Gasteiger partial charge in [0.25, 0.3) is 21.8 Å². The number of nitrogens with one attached hydrogen (secondary N) is 3. The summed E-state index contributed by atoms with van der Waals surface area (Å²) in [6.07, 6.45) is 12.5. The van der Waals surface area contributed by atoms with E-state index in [1.165, 1.54) is 39.1 Å². The lowest BCUT2D eigenvalue weighted by Crippen LogP contribution is -2.47. The summed E-state index contributed by atoms with van der Waals surface area (Å²) in [5.74, 6) is 0.218. The van der Waals surface area contributed by atoms with E-state index < -0.39 is 10.0 Å². The monoisotopic (exact) mass is 1590 g/mol. The van der Waals surface area contributed by atoms with Gasteiger partial charge in [0.1, 0.15) is 0 Å². The molecule has 0 atom stereocenters. The van der Waals surface area contributed by atoms with Crippen LogP contribution in [0.5, 0.6) is 0 Å². The molecule has 579 valence electrons. The van der Waals surface area contributed by atoms with Crippen LogP contribution in [0.15, 0.2) is 210 Å². The van der Waals surface area contributed by atoms with E-state index in [0.29, 0.717) is 5.65 Å². The minimum Gasteiger partial charge on any atom is -0.399 e. The maximum atomic E-state index is 13.4. The zero-order valence-corrected chi connectivity index (χ0v) is 68.3. The fourth-order valence-corrected chi connectivity index (χ4v) is 15.3. The summed E-state index contributed by atoms with van der Waals surface area (Å²) in [5.41, 5.74) is 14.5. The van der Waals surface area contributed by atoms with Gasteiger partial charge in [0.2, 0.25) is 0 Å². The topological polar surface area (TPSA) is 230 Å². The number of benzene rings is 6. The van der Waals surface area contributed by atoms with Gasteiger partial charge in [-0.3, -0.25) is 14.6 Å². The van der Waals surface area contributed by atoms with Crippen LogP contribution < -0.4 is 16.2 Å². The van der Waals surface area contributed by atoms with Gasteiger partial charge in [0, 0.05) is 173 Å².